The van der Waals surface area contributed by atoms with Crippen LogP contribution in [0.3, 0.4) is 0 Å². The molecular weight excluding hydrogens is 372 g/mol. The highest BCUT2D eigenvalue weighted by atomic mass is 35.5. The summed E-state index contributed by atoms with van der Waals surface area (Å²) in [7, 11) is 0. The molecule has 0 spiro atoms. The average Bonchev–Trinajstić information content (AvgIpc) is 3.02. The Balaban J connectivity index is 1.41. The number of cyclic esters (lactones) is 1. The highest BCUT2D eigenvalue weighted by molar-refractivity contribution is 7.99. The van der Waals surface area contributed by atoms with E-state index in [0.29, 0.717) is 29.6 Å². The summed E-state index contributed by atoms with van der Waals surface area (Å²) in [5.74, 6) is 1.09. The Morgan fingerprint density at radius 2 is 2.04 bits per heavy atom. The minimum atomic E-state index is -0.426. The van der Waals surface area contributed by atoms with Crippen molar-refractivity contribution >= 4 is 41.1 Å². The third-order valence-electron chi connectivity index (χ3n) is 3.87. The number of amides is 2. The number of carbonyl (C=O) groups excluding carboxylic acids is 2. The number of hydrogen-bond acceptors (Lipinski definition) is 4. The molecule has 0 radical (unpaired) electrons. The number of rotatable bonds is 7. The lowest BCUT2D eigenvalue weighted by Gasteiger charge is -2.13. The van der Waals surface area contributed by atoms with Gasteiger partial charge in [0.1, 0.15) is 6.10 Å². The van der Waals surface area contributed by atoms with Crippen LogP contribution in [0.25, 0.3) is 0 Å². The van der Waals surface area contributed by atoms with Gasteiger partial charge in [-0.05, 0) is 23.8 Å². The molecule has 26 heavy (non-hydrogen) atoms. The van der Waals surface area contributed by atoms with Crippen molar-refractivity contribution in [2.24, 2.45) is 0 Å². The van der Waals surface area contributed by atoms with Crippen LogP contribution in [0.5, 0.6) is 0 Å². The quantitative estimate of drug-likeness (QED) is 0.782. The molecule has 0 bridgehead atoms. The fourth-order valence-electron chi connectivity index (χ4n) is 2.60. The van der Waals surface area contributed by atoms with E-state index in [2.05, 4.69) is 5.32 Å². The molecule has 2 aromatic carbocycles. The zero-order valence-corrected chi connectivity index (χ0v) is 15.6. The van der Waals surface area contributed by atoms with Crippen LogP contribution in [0.1, 0.15) is 5.56 Å². The van der Waals surface area contributed by atoms with Gasteiger partial charge in [0.15, 0.2) is 0 Å². The van der Waals surface area contributed by atoms with E-state index >= 15 is 0 Å². The molecule has 7 heteroatoms. The van der Waals surface area contributed by atoms with Crippen molar-refractivity contribution in [1.82, 2.24) is 5.32 Å². The molecule has 0 aliphatic carbocycles. The summed E-state index contributed by atoms with van der Waals surface area (Å²) in [6.07, 6.45) is -0.797. The van der Waals surface area contributed by atoms with Crippen LogP contribution < -0.4 is 10.2 Å². The van der Waals surface area contributed by atoms with E-state index in [9.17, 15) is 9.59 Å². The predicted molar refractivity (Wildman–Crippen MR) is 105 cm³/mol. The normalized spacial score (nSPS) is 16.4. The van der Waals surface area contributed by atoms with Gasteiger partial charge in [-0.1, -0.05) is 48.0 Å². The standard InChI is InChI=1S/C19H19ClN2O3S/c20-15-7-4-8-16(9-15)22-11-17(25-19(22)24)10-21-18(23)13-26-12-14-5-2-1-3-6-14/h1-9,17H,10-13H2,(H,21,23). The third kappa shape index (κ3) is 5.16. The minimum Gasteiger partial charge on any atom is -0.442 e. The summed E-state index contributed by atoms with van der Waals surface area (Å²) in [4.78, 5) is 25.5. The van der Waals surface area contributed by atoms with Crippen molar-refractivity contribution in [3.8, 4) is 0 Å². The zero-order valence-electron chi connectivity index (χ0n) is 14.1. The van der Waals surface area contributed by atoms with E-state index in [4.69, 9.17) is 16.3 Å². The number of benzene rings is 2. The number of carbonyl (C=O) groups is 2. The minimum absolute atomic E-state index is 0.0665. The fourth-order valence-corrected chi connectivity index (χ4v) is 3.60. The molecule has 0 aromatic heterocycles. The Hall–Kier alpha value is -2.18. The number of ether oxygens (including phenoxy) is 1. The highest BCUT2D eigenvalue weighted by Crippen LogP contribution is 2.24. The van der Waals surface area contributed by atoms with Crippen molar-refractivity contribution in [3.05, 3.63) is 65.2 Å². The number of thioether (sulfide) groups is 1. The van der Waals surface area contributed by atoms with Gasteiger partial charge in [0.05, 0.1) is 18.8 Å². The van der Waals surface area contributed by atoms with Gasteiger partial charge in [-0.2, -0.15) is 0 Å². The molecular formula is C19H19ClN2O3S. The van der Waals surface area contributed by atoms with E-state index in [1.807, 2.05) is 30.3 Å². The molecule has 1 saturated heterocycles. The molecule has 3 rings (SSSR count). The first-order valence-corrected chi connectivity index (χ1v) is 9.77. The second-order valence-corrected chi connectivity index (χ2v) is 7.30. The maximum atomic E-state index is 12.0. The largest absolute Gasteiger partial charge is 0.442 e. The Morgan fingerprint density at radius 3 is 2.81 bits per heavy atom. The lowest BCUT2D eigenvalue weighted by molar-refractivity contribution is -0.118. The first-order chi connectivity index (χ1) is 12.6. The smallest absolute Gasteiger partial charge is 0.414 e. The second-order valence-electron chi connectivity index (χ2n) is 5.88. The van der Waals surface area contributed by atoms with Gasteiger partial charge in [0.2, 0.25) is 5.91 Å². The van der Waals surface area contributed by atoms with Crippen molar-refractivity contribution < 1.29 is 14.3 Å². The maximum absolute atomic E-state index is 12.0. The number of anilines is 1. The fraction of sp³-hybridized carbons (Fsp3) is 0.263. The van der Waals surface area contributed by atoms with Gasteiger partial charge in [0, 0.05) is 16.5 Å². The molecule has 2 amide bonds. The van der Waals surface area contributed by atoms with Gasteiger partial charge in [0.25, 0.3) is 0 Å². The van der Waals surface area contributed by atoms with Gasteiger partial charge in [-0.3, -0.25) is 9.69 Å². The summed E-state index contributed by atoms with van der Waals surface area (Å²) < 4.78 is 5.31. The predicted octanol–water partition coefficient (Wildman–Crippen LogP) is 3.71. The number of hydrogen-bond donors (Lipinski definition) is 1. The molecule has 0 saturated carbocycles. The monoisotopic (exact) mass is 390 g/mol. The van der Waals surface area contributed by atoms with E-state index in [1.165, 1.54) is 10.5 Å². The van der Waals surface area contributed by atoms with Crippen LogP contribution >= 0.6 is 23.4 Å². The Labute approximate surface area is 161 Å². The van der Waals surface area contributed by atoms with E-state index in [0.717, 1.165) is 5.75 Å². The molecule has 136 valence electrons. The van der Waals surface area contributed by atoms with E-state index < -0.39 is 6.09 Å². The third-order valence-corrected chi connectivity index (χ3v) is 5.10. The molecule has 2 aromatic rings. The second kappa shape index (κ2) is 8.96. The SMILES string of the molecule is O=C(CSCc1ccccc1)NCC1CN(c2cccc(Cl)c2)C(=O)O1. The molecule has 1 heterocycles. The Kier molecular flexibility index (Phi) is 6.41. The van der Waals surface area contributed by atoms with E-state index in [1.54, 1.807) is 36.0 Å². The summed E-state index contributed by atoms with van der Waals surface area (Å²) in [6.45, 7) is 0.685. The molecule has 1 aliphatic rings. The average molecular weight is 391 g/mol. The first kappa shape index (κ1) is 18.6. The lowest BCUT2D eigenvalue weighted by atomic mass is 10.2. The van der Waals surface area contributed by atoms with Crippen molar-refractivity contribution in [3.63, 3.8) is 0 Å². The van der Waals surface area contributed by atoms with Crippen molar-refractivity contribution in [1.29, 1.82) is 0 Å². The molecule has 1 fully saturated rings. The highest BCUT2D eigenvalue weighted by Gasteiger charge is 2.32. The van der Waals surface area contributed by atoms with Crippen LogP contribution in [-0.4, -0.2) is 36.9 Å². The number of halogens is 1. The molecule has 5 nitrogen and oxygen atoms in total. The topological polar surface area (TPSA) is 58.6 Å². The molecule has 1 atom stereocenters. The summed E-state index contributed by atoms with van der Waals surface area (Å²) >= 11 is 7.52. The first-order valence-electron chi connectivity index (χ1n) is 8.24. The molecule has 1 aliphatic heterocycles. The molecule has 1 N–H and O–H groups in total. The van der Waals surface area contributed by atoms with Crippen LogP contribution in [0.15, 0.2) is 54.6 Å². The number of nitrogens with one attached hydrogen (secondary N) is 1. The van der Waals surface area contributed by atoms with Crippen LogP contribution in [0.2, 0.25) is 5.02 Å². The zero-order chi connectivity index (χ0) is 18.4. The Morgan fingerprint density at radius 1 is 1.23 bits per heavy atom. The maximum Gasteiger partial charge on any atom is 0.414 e. The Bertz CT molecular complexity index is 772. The van der Waals surface area contributed by atoms with E-state index in [-0.39, 0.29) is 12.0 Å². The van der Waals surface area contributed by atoms with Crippen LogP contribution in [0, 0.1) is 0 Å². The molecule has 1 unspecified atom stereocenters. The number of nitrogens with zero attached hydrogens (tertiary/aromatic N) is 1. The lowest BCUT2D eigenvalue weighted by Crippen LogP contribution is -2.35. The van der Waals surface area contributed by atoms with Crippen molar-refractivity contribution in [2.45, 2.75) is 11.9 Å². The van der Waals surface area contributed by atoms with Crippen molar-refractivity contribution in [2.75, 3.05) is 23.7 Å². The van der Waals surface area contributed by atoms with Crippen LogP contribution in [0.4, 0.5) is 10.5 Å². The summed E-state index contributed by atoms with van der Waals surface area (Å²) in [5.41, 5.74) is 1.88. The summed E-state index contributed by atoms with van der Waals surface area (Å²) in [5, 5.41) is 3.38. The van der Waals surface area contributed by atoms with Gasteiger partial charge >= 0.3 is 6.09 Å². The van der Waals surface area contributed by atoms with Gasteiger partial charge < -0.3 is 10.1 Å². The van der Waals surface area contributed by atoms with Gasteiger partial charge in [-0.15, -0.1) is 11.8 Å². The van der Waals surface area contributed by atoms with Gasteiger partial charge in [-0.25, -0.2) is 4.79 Å². The van der Waals surface area contributed by atoms with Crippen LogP contribution in [-0.2, 0) is 15.3 Å². The summed E-state index contributed by atoms with van der Waals surface area (Å²) in [6, 6.07) is 17.0.